The minimum absolute atomic E-state index is 0.0265. The molecule has 2 N–H and O–H groups in total. The van der Waals surface area contributed by atoms with E-state index in [0.29, 0.717) is 11.4 Å². The highest BCUT2D eigenvalue weighted by Crippen LogP contribution is 2.26. The predicted molar refractivity (Wildman–Crippen MR) is 116 cm³/mol. The van der Waals surface area contributed by atoms with Gasteiger partial charge in [0.25, 0.3) is 15.9 Å². The minimum Gasteiger partial charge on any atom is -0.322 e. The van der Waals surface area contributed by atoms with Crippen molar-refractivity contribution in [1.29, 1.82) is 0 Å². The number of sulfonamides is 1. The summed E-state index contributed by atoms with van der Waals surface area (Å²) in [6.45, 7) is 1.91. The summed E-state index contributed by atoms with van der Waals surface area (Å²) in [5.74, 6) is -0.443. The van der Waals surface area contributed by atoms with E-state index in [1.807, 2.05) is 13.0 Å². The van der Waals surface area contributed by atoms with E-state index in [0.717, 1.165) is 10.0 Å². The van der Waals surface area contributed by atoms with Crippen LogP contribution in [0.2, 0.25) is 5.02 Å². The van der Waals surface area contributed by atoms with Gasteiger partial charge in [0.2, 0.25) is 0 Å². The van der Waals surface area contributed by atoms with Gasteiger partial charge >= 0.3 is 0 Å². The van der Waals surface area contributed by atoms with Crippen molar-refractivity contribution in [3.05, 3.63) is 87.4 Å². The van der Waals surface area contributed by atoms with Crippen LogP contribution in [-0.4, -0.2) is 14.3 Å². The first kappa shape index (κ1) is 20.4. The molecule has 0 atom stereocenters. The van der Waals surface area contributed by atoms with Gasteiger partial charge in [-0.05, 0) is 55.5 Å². The molecule has 144 valence electrons. The number of benzene rings is 3. The number of nitrogens with one attached hydrogen (secondary N) is 2. The Morgan fingerprint density at radius 2 is 1.68 bits per heavy atom. The van der Waals surface area contributed by atoms with Crippen LogP contribution < -0.4 is 10.0 Å². The maximum absolute atomic E-state index is 12.8. The van der Waals surface area contributed by atoms with Crippen molar-refractivity contribution < 1.29 is 13.2 Å². The van der Waals surface area contributed by atoms with E-state index in [1.54, 1.807) is 42.5 Å². The summed E-state index contributed by atoms with van der Waals surface area (Å²) in [4.78, 5) is 12.4. The first-order valence-corrected chi connectivity index (χ1v) is 10.9. The van der Waals surface area contributed by atoms with Crippen LogP contribution in [0.3, 0.4) is 0 Å². The number of carbonyl (C=O) groups is 1. The number of carbonyl (C=O) groups excluding carboxylic acids is 1. The highest BCUT2D eigenvalue weighted by Gasteiger charge is 2.20. The van der Waals surface area contributed by atoms with Crippen LogP contribution in [0.5, 0.6) is 0 Å². The molecule has 0 saturated heterocycles. The van der Waals surface area contributed by atoms with Gasteiger partial charge in [0.05, 0.1) is 5.02 Å². The first-order chi connectivity index (χ1) is 13.2. The average molecular weight is 480 g/mol. The lowest BCUT2D eigenvalue weighted by atomic mass is 10.2. The predicted octanol–water partition coefficient (Wildman–Crippen LogP) is 5.46. The summed E-state index contributed by atoms with van der Waals surface area (Å²) in [6, 6.07) is 18.1. The Balaban J connectivity index is 1.87. The highest BCUT2D eigenvalue weighted by molar-refractivity contribution is 9.10. The second-order valence-electron chi connectivity index (χ2n) is 6.08. The van der Waals surface area contributed by atoms with E-state index in [2.05, 4.69) is 26.0 Å². The summed E-state index contributed by atoms with van der Waals surface area (Å²) < 4.78 is 28.8. The fourth-order valence-electron chi connectivity index (χ4n) is 2.45. The summed E-state index contributed by atoms with van der Waals surface area (Å²) >= 11 is 9.44. The van der Waals surface area contributed by atoms with Crippen molar-refractivity contribution in [3.63, 3.8) is 0 Å². The van der Waals surface area contributed by atoms with Crippen LogP contribution in [0.1, 0.15) is 15.9 Å². The molecular formula is C20H16BrClN2O3S. The number of amides is 1. The van der Waals surface area contributed by atoms with Gasteiger partial charge in [-0.1, -0.05) is 51.3 Å². The smallest absolute Gasteiger partial charge is 0.263 e. The van der Waals surface area contributed by atoms with Gasteiger partial charge in [-0.25, -0.2) is 8.42 Å². The van der Waals surface area contributed by atoms with Gasteiger partial charge in [-0.2, -0.15) is 0 Å². The zero-order valence-corrected chi connectivity index (χ0v) is 17.9. The molecule has 0 unspecified atom stereocenters. The molecule has 8 heteroatoms. The number of hydrogen-bond acceptors (Lipinski definition) is 3. The molecule has 3 rings (SSSR count). The van der Waals surface area contributed by atoms with Crippen molar-refractivity contribution in [2.45, 2.75) is 11.8 Å². The Labute approximate surface area is 176 Å². The van der Waals surface area contributed by atoms with Gasteiger partial charge in [0.15, 0.2) is 0 Å². The van der Waals surface area contributed by atoms with E-state index in [-0.39, 0.29) is 15.5 Å². The summed E-state index contributed by atoms with van der Waals surface area (Å²) in [6.07, 6.45) is 0. The lowest BCUT2D eigenvalue weighted by Gasteiger charge is -2.12. The van der Waals surface area contributed by atoms with Crippen molar-refractivity contribution in [2.75, 3.05) is 10.0 Å². The topological polar surface area (TPSA) is 75.3 Å². The molecule has 0 radical (unpaired) electrons. The summed E-state index contributed by atoms with van der Waals surface area (Å²) in [7, 11) is -3.96. The van der Waals surface area contributed by atoms with Gasteiger partial charge in [0, 0.05) is 21.4 Å². The zero-order chi connectivity index (χ0) is 20.3. The van der Waals surface area contributed by atoms with Crippen LogP contribution in [0.4, 0.5) is 11.4 Å². The number of hydrogen-bond donors (Lipinski definition) is 2. The number of anilines is 2. The normalized spacial score (nSPS) is 11.1. The molecule has 0 aliphatic rings. The molecule has 0 fully saturated rings. The Hall–Kier alpha value is -2.35. The van der Waals surface area contributed by atoms with E-state index in [9.17, 15) is 13.2 Å². The third-order valence-electron chi connectivity index (χ3n) is 3.87. The maximum Gasteiger partial charge on any atom is 0.263 e. The van der Waals surface area contributed by atoms with Crippen LogP contribution in [-0.2, 0) is 10.0 Å². The second-order valence-corrected chi connectivity index (χ2v) is 9.05. The molecule has 1 amide bonds. The molecule has 0 bridgehead atoms. The Kier molecular flexibility index (Phi) is 6.07. The second kappa shape index (κ2) is 8.34. The molecule has 28 heavy (non-hydrogen) atoms. The maximum atomic E-state index is 12.8. The van der Waals surface area contributed by atoms with Crippen molar-refractivity contribution >= 4 is 54.8 Å². The van der Waals surface area contributed by atoms with Crippen molar-refractivity contribution in [1.82, 2.24) is 0 Å². The molecule has 0 aliphatic heterocycles. The summed E-state index contributed by atoms with van der Waals surface area (Å²) in [5.41, 5.74) is 2.17. The quantitative estimate of drug-likeness (QED) is 0.510. The molecule has 0 saturated carbocycles. The Bertz CT molecular complexity index is 1130. The minimum atomic E-state index is -3.96. The average Bonchev–Trinajstić information content (AvgIpc) is 2.63. The van der Waals surface area contributed by atoms with E-state index < -0.39 is 15.9 Å². The zero-order valence-electron chi connectivity index (χ0n) is 14.7. The van der Waals surface area contributed by atoms with Gasteiger partial charge < -0.3 is 5.32 Å². The van der Waals surface area contributed by atoms with Crippen LogP contribution in [0.25, 0.3) is 0 Å². The SMILES string of the molecule is Cc1ccc(NS(=O)(=O)c2cc(C(=O)Nc3cccc(Br)c3)ccc2Cl)cc1. The highest BCUT2D eigenvalue weighted by atomic mass is 79.9. The van der Waals surface area contributed by atoms with Gasteiger partial charge in [-0.3, -0.25) is 9.52 Å². The number of rotatable bonds is 5. The Morgan fingerprint density at radius 1 is 0.964 bits per heavy atom. The van der Waals surface area contributed by atoms with Crippen LogP contribution in [0, 0.1) is 6.92 Å². The van der Waals surface area contributed by atoms with Crippen LogP contribution >= 0.6 is 27.5 Å². The standard InChI is InChI=1S/C20H16BrClN2O3S/c1-13-5-8-16(9-6-13)24-28(26,27)19-11-14(7-10-18(19)22)20(25)23-17-4-2-3-15(21)12-17/h2-12,24H,1H3,(H,23,25). The van der Waals surface area contributed by atoms with E-state index in [4.69, 9.17) is 11.6 Å². The fourth-order valence-corrected chi connectivity index (χ4v) is 4.44. The van der Waals surface area contributed by atoms with Crippen molar-refractivity contribution in [3.8, 4) is 0 Å². The van der Waals surface area contributed by atoms with Crippen molar-refractivity contribution in [2.24, 2.45) is 0 Å². The van der Waals surface area contributed by atoms with Crippen LogP contribution in [0.15, 0.2) is 76.1 Å². The largest absolute Gasteiger partial charge is 0.322 e. The summed E-state index contributed by atoms with van der Waals surface area (Å²) in [5, 5.41) is 2.75. The Morgan fingerprint density at radius 3 is 2.36 bits per heavy atom. The molecule has 5 nitrogen and oxygen atoms in total. The lowest BCUT2D eigenvalue weighted by Crippen LogP contribution is -2.16. The number of halogens is 2. The monoisotopic (exact) mass is 478 g/mol. The molecule has 3 aromatic carbocycles. The fraction of sp³-hybridized carbons (Fsp3) is 0.0500. The van der Waals surface area contributed by atoms with Gasteiger partial charge in [0.1, 0.15) is 4.90 Å². The molecule has 0 heterocycles. The number of aryl methyl sites for hydroxylation is 1. The molecule has 3 aromatic rings. The first-order valence-electron chi connectivity index (χ1n) is 8.20. The molecule has 0 aliphatic carbocycles. The molecule has 0 aromatic heterocycles. The van der Waals surface area contributed by atoms with E-state index >= 15 is 0 Å². The third kappa shape index (κ3) is 4.92. The van der Waals surface area contributed by atoms with E-state index in [1.165, 1.54) is 18.2 Å². The third-order valence-corrected chi connectivity index (χ3v) is 6.23. The van der Waals surface area contributed by atoms with Gasteiger partial charge in [-0.15, -0.1) is 0 Å². The lowest BCUT2D eigenvalue weighted by molar-refractivity contribution is 0.102. The molecule has 0 spiro atoms. The molecular weight excluding hydrogens is 464 g/mol.